The highest BCUT2D eigenvalue weighted by atomic mass is 32.2. The van der Waals surface area contributed by atoms with Crippen LogP contribution in [0.15, 0.2) is 29.6 Å². The van der Waals surface area contributed by atoms with Gasteiger partial charge in [0.1, 0.15) is 0 Å². The quantitative estimate of drug-likeness (QED) is 0.771. The van der Waals surface area contributed by atoms with Crippen molar-refractivity contribution in [2.24, 2.45) is 0 Å². The summed E-state index contributed by atoms with van der Waals surface area (Å²) in [6, 6.07) is 5.85. The van der Waals surface area contributed by atoms with Gasteiger partial charge in [-0.15, -0.1) is 11.3 Å². The summed E-state index contributed by atoms with van der Waals surface area (Å²) >= 11 is 0.989. The summed E-state index contributed by atoms with van der Waals surface area (Å²) in [5.41, 5.74) is 0.911. The minimum atomic E-state index is -4.38. The summed E-state index contributed by atoms with van der Waals surface area (Å²) in [7, 11) is -2.52. The van der Waals surface area contributed by atoms with Crippen LogP contribution in [0.1, 0.15) is 23.6 Å². The maximum atomic E-state index is 12.7. The van der Waals surface area contributed by atoms with Gasteiger partial charge < -0.3 is 4.74 Å². The van der Waals surface area contributed by atoms with Gasteiger partial charge in [-0.05, 0) is 37.1 Å². The average molecular weight is 362 g/mol. The van der Waals surface area contributed by atoms with Gasteiger partial charge in [0.2, 0.25) is 15.3 Å². The molecule has 0 saturated carbocycles. The molecule has 0 amide bonds. The second-order valence-electron chi connectivity index (χ2n) is 4.68. The van der Waals surface area contributed by atoms with Crippen molar-refractivity contribution in [2.45, 2.75) is 20.0 Å². The molecule has 1 aromatic carbocycles. The van der Waals surface area contributed by atoms with Gasteiger partial charge in [0.15, 0.2) is 0 Å². The molecule has 0 saturated heterocycles. The Balaban J connectivity index is 2.44. The molecule has 0 unspecified atom stereocenters. The van der Waals surface area contributed by atoms with Crippen LogP contribution < -0.4 is 0 Å². The molecule has 2 rings (SSSR count). The minimum absolute atomic E-state index is 0.168. The van der Waals surface area contributed by atoms with Crippen LogP contribution in [0.5, 0.6) is 0 Å². The number of thiophene rings is 1. The first-order valence-corrected chi connectivity index (χ1v) is 8.55. The molecule has 1 heterocycles. The molecule has 0 aliphatic carbocycles. The van der Waals surface area contributed by atoms with Gasteiger partial charge in [0, 0.05) is 15.8 Å². The van der Waals surface area contributed by atoms with Crippen molar-refractivity contribution in [3.63, 3.8) is 0 Å². The first-order valence-electron chi connectivity index (χ1n) is 6.60. The number of ether oxygens (including phenoxy) is 1. The van der Waals surface area contributed by atoms with E-state index in [0.29, 0.717) is 21.6 Å². The van der Waals surface area contributed by atoms with E-state index in [9.17, 15) is 21.6 Å². The Hall–Kier alpha value is -1.64. The first kappa shape index (κ1) is 17.7. The Morgan fingerprint density at radius 2 is 1.96 bits per heavy atom. The zero-order valence-corrected chi connectivity index (χ0v) is 13.9. The summed E-state index contributed by atoms with van der Waals surface area (Å²) in [4.78, 5) is 0.466. The molecule has 0 atom stereocenters. The molecular formula is C15H13F3O3S2. The summed E-state index contributed by atoms with van der Waals surface area (Å²) in [5, 5.41) is 0.891. The van der Waals surface area contributed by atoms with Crippen molar-refractivity contribution < 1.29 is 26.3 Å². The van der Waals surface area contributed by atoms with Crippen molar-refractivity contribution in [1.82, 2.24) is 0 Å². The highest BCUT2D eigenvalue weighted by Crippen LogP contribution is 2.37. The van der Waals surface area contributed by atoms with Gasteiger partial charge in [-0.2, -0.15) is 21.6 Å². The second kappa shape index (κ2) is 6.86. The number of hydrogen-bond acceptors (Lipinski definition) is 4. The van der Waals surface area contributed by atoms with Crippen molar-refractivity contribution in [3.8, 4) is 10.4 Å². The minimum Gasteiger partial charge on any atom is -0.332 e. The van der Waals surface area contributed by atoms with E-state index in [1.807, 2.05) is 0 Å². The largest absolute Gasteiger partial charge is 0.417 e. The van der Waals surface area contributed by atoms with Gasteiger partial charge >= 0.3 is 6.18 Å². The maximum Gasteiger partial charge on any atom is 0.417 e. The predicted molar refractivity (Wildman–Crippen MR) is 84.1 cm³/mol. The van der Waals surface area contributed by atoms with Gasteiger partial charge in [-0.25, -0.2) is 0 Å². The molecule has 1 aromatic heterocycles. The summed E-state index contributed by atoms with van der Waals surface area (Å²) in [6.45, 7) is 3.55. The van der Waals surface area contributed by atoms with Crippen LogP contribution in [0.25, 0.3) is 10.4 Å². The summed E-state index contributed by atoms with van der Waals surface area (Å²) < 4.78 is 65.5. The summed E-state index contributed by atoms with van der Waals surface area (Å²) in [6.07, 6.45) is -4.38. The number of halogens is 3. The monoisotopic (exact) mass is 362 g/mol. The lowest BCUT2D eigenvalue weighted by Gasteiger charge is -2.08. The summed E-state index contributed by atoms with van der Waals surface area (Å²) in [5.74, 6) is 0. The molecule has 8 heteroatoms. The smallest absolute Gasteiger partial charge is 0.332 e. The third-order valence-electron chi connectivity index (χ3n) is 3.08. The first-order chi connectivity index (χ1) is 10.7. The Morgan fingerprint density at radius 1 is 1.26 bits per heavy atom. The molecule has 23 heavy (non-hydrogen) atoms. The average Bonchev–Trinajstić information content (AvgIpc) is 2.94. The van der Waals surface area contributed by atoms with E-state index in [1.54, 1.807) is 32.0 Å². The van der Waals surface area contributed by atoms with Gasteiger partial charge in [0.05, 0.1) is 12.2 Å². The molecule has 0 radical (unpaired) electrons. The number of rotatable bonds is 3. The second-order valence-corrected chi connectivity index (χ2v) is 6.43. The van der Waals surface area contributed by atoms with Crippen LogP contribution in [0, 0.1) is 6.92 Å². The third kappa shape index (κ3) is 4.01. The number of aryl methyl sites for hydroxylation is 1. The van der Waals surface area contributed by atoms with Crippen LogP contribution in [-0.2, 0) is 21.2 Å². The lowest BCUT2D eigenvalue weighted by Crippen LogP contribution is -2.09. The molecule has 0 spiro atoms. The van der Waals surface area contributed by atoms with E-state index in [0.717, 1.165) is 22.8 Å². The SMILES string of the molecule is CCOC(c1ccc(-c2cc(C(F)(F)F)cs2)cc1C)=S(=O)=O. The molecule has 0 aliphatic rings. The standard InChI is InChI=1S/C15H13F3O3S2/c1-3-21-14(23(19)20)12-5-4-10(6-9(12)2)13-7-11(8-22-13)15(16,17)18/h4-8H,3H2,1-2H3. The number of hydrogen-bond donors (Lipinski definition) is 0. The third-order valence-corrected chi connectivity index (χ3v) is 4.70. The molecule has 0 bridgehead atoms. The van der Waals surface area contributed by atoms with Gasteiger partial charge in [-0.3, -0.25) is 0 Å². The van der Waals surface area contributed by atoms with E-state index < -0.39 is 22.0 Å². The Kier molecular flexibility index (Phi) is 5.28. The topological polar surface area (TPSA) is 43.4 Å². The van der Waals surface area contributed by atoms with Crippen LogP contribution in [0.3, 0.4) is 0 Å². The van der Waals surface area contributed by atoms with Gasteiger partial charge in [0.25, 0.3) is 0 Å². The molecular weight excluding hydrogens is 349 g/mol. The Bertz CT molecular complexity index is 841. The van der Waals surface area contributed by atoms with E-state index in [4.69, 9.17) is 4.74 Å². The van der Waals surface area contributed by atoms with Crippen LogP contribution in [0.4, 0.5) is 13.2 Å². The predicted octanol–water partition coefficient (Wildman–Crippen LogP) is 4.14. The fourth-order valence-corrected chi connectivity index (χ4v) is 3.57. The van der Waals surface area contributed by atoms with E-state index in [-0.39, 0.29) is 11.7 Å². The normalized spacial score (nSPS) is 11.5. The lowest BCUT2D eigenvalue weighted by atomic mass is 10.0. The molecule has 0 N–H and O–H groups in total. The van der Waals surface area contributed by atoms with Crippen LogP contribution >= 0.6 is 11.3 Å². The van der Waals surface area contributed by atoms with E-state index in [2.05, 4.69) is 0 Å². The molecule has 0 aliphatic heterocycles. The zero-order chi connectivity index (χ0) is 17.2. The zero-order valence-electron chi connectivity index (χ0n) is 12.3. The van der Waals surface area contributed by atoms with Crippen LogP contribution in [0.2, 0.25) is 0 Å². The fraction of sp³-hybridized carbons (Fsp3) is 0.267. The van der Waals surface area contributed by atoms with Crippen molar-refractivity contribution >= 4 is 26.7 Å². The fourth-order valence-electron chi connectivity index (χ4n) is 2.03. The molecule has 124 valence electrons. The van der Waals surface area contributed by atoms with E-state index >= 15 is 0 Å². The van der Waals surface area contributed by atoms with Crippen molar-refractivity contribution in [2.75, 3.05) is 6.61 Å². The van der Waals surface area contributed by atoms with E-state index in [1.165, 1.54) is 0 Å². The Labute approximate surface area is 136 Å². The molecule has 2 aromatic rings. The lowest BCUT2D eigenvalue weighted by molar-refractivity contribution is -0.137. The van der Waals surface area contributed by atoms with Crippen molar-refractivity contribution in [1.29, 1.82) is 0 Å². The maximum absolute atomic E-state index is 12.7. The molecule has 3 nitrogen and oxygen atoms in total. The number of alkyl halides is 3. The Morgan fingerprint density at radius 3 is 2.43 bits per heavy atom. The number of benzene rings is 1. The van der Waals surface area contributed by atoms with Crippen molar-refractivity contribution in [3.05, 3.63) is 46.3 Å². The highest BCUT2D eigenvalue weighted by molar-refractivity contribution is 7.73. The van der Waals surface area contributed by atoms with Gasteiger partial charge in [-0.1, -0.05) is 12.1 Å². The molecule has 0 fully saturated rings. The van der Waals surface area contributed by atoms with Crippen LogP contribution in [-0.4, -0.2) is 20.1 Å². The highest BCUT2D eigenvalue weighted by Gasteiger charge is 2.31.